The largest absolute Gasteiger partial charge is 0.434 e. The van der Waals surface area contributed by atoms with Crippen molar-refractivity contribution in [1.29, 1.82) is 0 Å². The van der Waals surface area contributed by atoms with E-state index in [2.05, 4.69) is 10.4 Å². The maximum absolute atomic E-state index is 13.7. The molecule has 0 unspecified atom stereocenters. The summed E-state index contributed by atoms with van der Waals surface area (Å²) in [6.45, 7) is 1.53. The molecule has 2 atom stereocenters. The van der Waals surface area contributed by atoms with Crippen LogP contribution in [-0.2, 0) is 12.6 Å². The van der Waals surface area contributed by atoms with Crippen LogP contribution in [0.15, 0.2) is 60.8 Å². The van der Waals surface area contributed by atoms with Gasteiger partial charge in [0.05, 0.1) is 29.6 Å². The van der Waals surface area contributed by atoms with Crippen LogP contribution in [0.2, 0.25) is 5.02 Å². The highest BCUT2D eigenvalue weighted by molar-refractivity contribution is 6.30. The van der Waals surface area contributed by atoms with Crippen LogP contribution in [0.5, 0.6) is 0 Å². The normalized spacial score (nSPS) is 13.7. The van der Waals surface area contributed by atoms with Crippen LogP contribution < -0.4 is 5.32 Å². The zero-order valence-electron chi connectivity index (χ0n) is 15.9. The molecule has 5 nitrogen and oxygen atoms in total. The van der Waals surface area contributed by atoms with Gasteiger partial charge in [-0.25, -0.2) is 4.68 Å². The van der Waals surface area contributed by atoms with Crippen molar-refractivity contribution in [2.24, 2.45) is 0 Å². The monoisotopic (exact) mass is 437 g/mol. The average molecular weight is 438 g/mol. The molecule has 2 N–H and O–H groups in total. The molecule has 3 aromatic rings. The molecule has 0 spiro atoms. The fourth-order valence-electron chi connectivity index (χ4n) is 2.98. The molecule has 1 aromatic heterocycles. The summed E-state index contributed by atoms with van der Waals surface area (Å²) < 4.78 is 41.9. The highest BCUT2D eigenvalue weighted by Gasteiger charge is 2.40. The fourth-order valence-corrected chi connectivity index (χ4v) is 3.10. The van der Waals surface area contributed by atoms with Crippen molar-refractivity contribution < 1.29 is 23.1 Å². The highest BCUT2D eigenvalue weighted by Crippen LogP contribution is 2.34. The van der Waals surface area contributed by atoms with Crippen LogP contribution in [0.25, 0.3) is 5.69 Å². The molecule has 3 rings (SSSR count). The SMILES string of the molecule is C[C@H](NC(=O)c1cnn(-c2ccc(Cl)cc2)c1C(F)(F)F)[C@H](O)Cc1ccccc1. The number of aliphatic hydroxyl groups excluding tert-OH is 1. The summed E-state index contributed by atoms with van der Waals surface area (Å²) in [5.41, 5.74) is -0.871. The van der Waals surface area contributed by atoms with Crippen molar-refractivity contribution in [2.45, 2.75) is 31.7 Å². The lowest BCUT2D eigenvalue weighted by atomic mass is 10.0. The topological polar surface area (TPSA) is 67.2 Å². The van der Waals surface area contributed by atoms with Crippen LogP contribution in [0, 0.1) is 0 Å². The first-order valence-electron chi connectivity index (χ1n) is 9.11. The lowest BCUT2D eigenvalue weighted by molar-refractivity contribution is -0.143. The number of carbonyl (C=O) groups is 1. The average Bonchev–Trinajstić information content (AvgIpc) is 3.15. The van der Waals surface area contributed by atoms with E-state index < -0.39 is 35.5 Å². The van der Waals surface area contributed by atoms with Crippen molar-refractivity contribution in [2.75, 3.05) is 0 Å². The summed E-state index contributed by atoms with van der Waals surface area (Å²) >= 11 is 5.79. The summed E-state index contributed by atoms with van der Waals surface area (Å²) in [5, 5.41) is 16.9. The van der Waals surface area contributed by atoms with E-state index in [9.17, 15) is 23.1 Å². The minimum atomic E-state index is -4.82. The van der Waals surface area contributed by atoms with E-state index in [1.807, 2.05) is 30.3 Å². The van der Waals surface area contributed by atoms with Gasteiger partial charge in [0.25, 0.3) is 5.91 Å². The molecule has 30 heavy (non-hydrogen) atoms. The third-order valence-corrected chi connectivity index (χ3v) is 4.83. The maximum atomic E-state index is 13.7. The van der Waals surface area contributed by atoms with E-state index >= 15 is 0 Å². The van der Waals surface area contributed by atoms with Crippen LogP contribution >= 0.6 is 11.6 Å². The molecule has 9 heteroatoms. The summed E-state index contributed by atoms with van der Waals surface area (Å²) in [4.78, 5) is 12.6. The Balaban J connectivity index is 1.82. The molecule has 0 bridgehead atoms. The Kier molecular flexibility index (Phi) is 6.48. The predicted octanol–water partition coefficient (Wildman–Crippen LogP) is 4.27. The second-order valence-corrected chi connectivity index (χ2v) is 7.25. The molecular weight excluding hydrogens is 419 g/mol. The number of halogens is 4. The fraction of sp³-hybridized carbons (Fsp3) is 0.238. The lowest BCUT2D eigenvalue weighted by Gasteiger charge is -2.21. The summed E-state index contributed by atoms with van der Waals surface area (Å²) in [7, 11) is 0. The number of nitrogens with zero attached hydrogens (tertiary/aromatic N) is 2. The summed E-state index contributed by atoms with van der Waals surface area (Å²) in [5.74, 6) is -0.970. The maximum Gasteiger partial charge on any atom is 0.434 e. The Morgan fingerprint density at radius 3 is 2.40 bits per heavy atom. The molecule has 0 aliphatic rings. The van der Waals surface area contributed by atoms with Gasteiger partial charge < -0.3 is 10.4 Å². The van der Waals surface area contributed by atoms with Crippen LogP contribution in [0.3, 0.4) is 0 Å². The second kappa shape index (κ2) is 8.89. The molecule has 1 amide bonds. The number of carbonyl (C=O) groups excluding carboxylic acids is 1. The second-order valence-electron chi connectivity index (χ2n) is 6.81. The van der Waals surface area contributed by atoms with Crippen molar-refractivity contribution in [3.63, 3.8) is 0 Å². The van der Waals surface area contributed by atoms with Crippen molar-refractivity contribution in [3.8, 4) is 5.69 Å². The molecule has 0 aliphatic heterocycles. The molecule has 158 valence electrons. The van der Waals surface area contributed by atoms with Gasteiger partial charge in [0, 0.05) is 11.4 Å². The van der Waals surface area contributed by atoms with E-state index in [1.54, 1.807) is 0 Å². The Hall–Kier alpha value is -2.84. The number of alkyl halides is 3. The Labute approximate surface area is 176 Å². The van der Waals surface area contributed by atoms with Gasteiger partial charge in [0.2, 0.25) is 0 Å². The van der Waals surface area contributed by atoms with Gasteiger partial charge in [-0.2, -0.15) is 18.3 Å². The van der Waals surface area contributed by atoms with Crippen LogP contribution in [0.1, 0.15) is 28.5 Å². The van der Waals surface area contributed by atoms with Crippen molar-refractivity contribution in [1.82, 2.24) is 15.1 Å². The van der Waals surface area contributed by atoms with Gasteiger partial charge in [-0.05, 0) is 36.8 Å². The first-order chi connectivity index (χ1) is 14.2. The number of hydrogen-bond donors (Lipinski definition) is 2. The smallest absolute Gasteiger partial charge is 0.391 e. The van der Waals surface area contributed by atoms with E-state index in [0.717, 1.165) is 11.8 Å². The summed E-state index contributed by atoms with van der Waals surface area (Å²) in [6, 6.07) is 13.9. The minimum absolute atomic E-state index is 0.114. The zero-order valence-corrected chi connectivity index (χ0v) is 16.7. The van der Waals surface area contributed by atoms with Crippen molar-refractivity contribution >= 4 is 17.5 Å². The predicted molar refractivity (Wildman–Crippen MR) is 107 cm³/mol. The number of hydrogen-bond acceptors (Lipinski definition) is 3. The van der Waals surface area contributed by atoms with Gasteiger partial charge in [-0.1, -0.05) is 41.9 Å². The molecule has 1 heterocycles. The number of nitrogens with one attached hydrogen (secondary N) is 1. The van der Waals surface area contributed by atoms with Crippen molar-refractivity contribution in [3.05, 3.63) is 82.6 Å². The lowest BCUT2D eigenvalue weighted by Crippen LogP contribution is -2.42. The van der Waals surface area contributed by atoms with Gasteiger partial charge in [-0.15, -0.1) is 0 Å². The molecule has 0 aliphatic carbocycles. The molecular formula is C21H19ClF3N3O2. The van der Waals surface area contributed by atoms with Gasteiger partial charge >= 0.3 is 6.18 Å². The number of amides is 1. The standard InChI is InChI=1S/C21H19ClF3N3O2/c1-13(18(29)11-14-5-3-2-4-6-14)27-20(30)17-12-26-28(19(17)21(23,24)25)16-9-7-15(22)8-10-16/h2-10,12-13,18,29H,11H2,1H3,(H,27,30)/t13-,18+/m0/s1. The Bertz CT molecular complexity index is 1000. The third kappa shape index (κ3) is 5.01. The molecule has 0 saturated carbocycles. The number of rotatable bonds is 6. The first-order valence-corrected chi connectivity index (χ1v) is 9.48. The zero-order chi connectivity index (χ0) is 21.9. The van der Waals surface area contributed by atoms with E-state index in [1.165, 1.54) is 31.2 Å². The van der Waals surface area contributed by atoms with Gasteiger partial charge in [0.15, 0.2) is 5.69 Å². The molecule has 0 fully saturated rings. The van der Waals surface area contributed by atoms with Crippen LogP contribution in [-0.4, -0.2) is 32.9 Å². The molecule has 2 aromatic carbocycles. The number of aromatic nitrogens is 2. The Morgan fingerprint density at radius 2 is 1.80 bits per heavy atom. The van der Waals surface area contributed by atoms with Gasteiger partial charge in [-0.3, -0.25) is 4.79 Å². The third-order valence-electron chi connectivity index (χ3n) is 4.58. The molecule has 0 saturated heterocycles. The highest BCUT2D eigenvalue weighted by atomic mass is 35.5. The number of aliphatic hydroxyl groups is 1. The molecule has 0 radical (unpaired) electrons. The van der Waals surface area contributed by atoms with Gasteiger partial charge in [0.1, 0.15) is 0 Å². The number of benzene rings is 2. The quantitative estimate of drug-likeness (QED) is 0.605. The Morgan fingerprint density at radius 1 is 1.17 bits per heavy atom. The van der Waals surface area contributed by atoms with E-state index in [0.29, 0.717) is 9.70 Å². The minimum Gasteiger partial charge on any atom is -0.391 e. The summed E-state index contributed by atoms with van der Waals surface area (Å²) in [6.07, 6.45) is -4.69. The van der Waals surface area contributed by atoms with E-state index in [4.69, 9.17) is 11.6 Å². The van der Waals surface area contributed by atoms with E-state index in [-0.39, 0.29) is 12.1 Å². The first kappa shape index (κ1) is 21.9. The van der Waals surface area contributed by atoms with Crippen LogP contribution in [0.4, 0.5) is 13.2 Å².